The first-order chi connectivity index (χ1) is 11.8. The molecule has 5 nitrogen and oxygen atoms in total. The predicted octanol–water partition coefficient (Wildman–Crippen LogP) is 4.06. The van der Waals surface area contributed by atoms with E-state index in [1.54, 1.807) is 17.5 Å². The van der Waals surface area contributed by atoms with Crippen molar-refractivity contribution in [1.82, 2.24) is 19.7 Å². The van der Waals surface area contributed by atoms with Crippen LogP contribution in [0.15, 0.2) is 60.2 Å². The van der Waals surface area contributed by atoms with E-state index in [4.69, 9.17) is 9.97 Å². The van der Waals surface area contributed by atoms with Crippen LogP contribution >= 0.6 is 11.3 Å². The number of aromatic nitrogens is 4. The Kier molecular flexibility index (Phi) is 3.96. The van der Waals surface area contributed by atoms with Gasteiger partial charge in [-0.15, -0.1) is 11.3 Å². The third-order valence-corrected chi connectivity index (χ3v) is 4.61. The van der Waals surface area contributed by atoms with Crippen molar-refractivity contribution in [2.45, 2.75) is 19.5 Å². The van der Waals surface area contributed by atoms with E-state index in [0.29, 0.717) is 0 Å². The lowest BCUT2D eigenvalue weighted by molar-refractivity contribution is 0.560. The van der Waals surface area contributed by atoms with Crippen LogP contribution in [0.1, 0.15) is 6.92 Å². The summed E-state index contributed by atoms with van der Waals surface area (Å²) in [7, 11) is 0. The van der Waals surface area contributed by atoms with Gasteiger partial charge in [0.05, 0.1) is 16.9 Å². The molecule has 1 aromatic carbocycles. The van der Waals surface area contributed by atoms with E-state index in [1.807, 2.05) is 52.7 Å². The van der Waals surface area contributed by atoms with Gasteiger partial charge in [-0.1, -0.05) is 18.2 Å². The van der Waals surface area contributed by atoms with Crippen LogP contribution in [0.2, 0.25) is 0 Å². The predicted molar refractivity (Wildman–Crippen MR) is 98.2 cm³/mol. The second kappa shape index (κ2) is 6.41. The summed E-state index contributed by atoms with van der Waals surface area (Å²) in [5.41, 5.74) is 0.949. The van der Waals surface area contributed by atoms with Crippen molar-refractivity contribution in [2.24, 2.45) is 0 Å². The monoisotopic (exact) mass is 335 g/mol. The average Bonchev–Trinajstić information content (AvgIpc) is 3.28. The molecule has 0 bridgehead atoms. The van der Waals surface area contributed by atoms with Gasteiger partial charge < -0.3 is 5.32 Å². The Morgan fingerprint density at radius 3 is 2.83 bits per heavy atom. The first kappa shape index (κ1) is 14.8. The molecule has 0 saturated carbocycles. The van der Waals surface area contributed by atoms with E-state index in [9.17, 15) is 0 Å². The van der Waals surface area contributed by atoms with Crippen molar-refractivity contribution in [3.63, 3.8) is 0 Å². The molecular weight excluding hydrogens is 318 g/mol. The van der Waals surface area contributed by atoms with E-state index in [-0.39, 0.29) is 6.04 Å². The summed E-state index contributed by atoms with van der Waals surface area (Å²) >= 11 is 1.65. The molecule has 0 radical (unpaired) electrons. The van der Waals surface area contributed by atoms with E-state index >= 15 is 0 Å². The zero-order valence-corrected chi connectivity index (χ0v) is 14.1. The number of nitrogens with zero attached hydrogens (tertiary/aromatic N) is 4. The van der Waals surface area contributed by atoms with Crippen LogP contribution in [-0.2, 0) is 6.54 Å². The number of para-hydroxylation sites is 1. The summed E-state index contributed by atoms with van der Waals surface area (Å²) in [6.45, 7) is 2.91. The fourth-order valence-corrected chi connectivity index (χ4v) is 3.33. The lowest BCUT2D eigenvalue weighted by Gasteiger charge is -2.16. The number of thiophene rings is 1. The Balaban J connectivity index is 1.70. The highest BCUT2D eigenvalue weighted by atomic mass is 32.1. The van der Waals surface area contributed by atoms with Crippen LogP contribution in [0.5, 0.6) is 0 Å². The van der Waals surface area contributed by atoms with Gasteiger partial charge in [-0.2, -0.15) is 5.10 Å². The molecule has 0 unspecified atom stereocenters. The van der Waals surface area contributed by atoms with Crippen molar-refractivity contribution in [1.29, 1.82) is 0 Å². The zero-order chi connectivity index (χ0) is 16.4. The molecule has 24 heavy (non-hydrogen) atoms. The second-order valence-electron chi connectivity index (χ2n) is 5.66. The summed E-state index contributed by atoms with van der Waals surface area (Å²) in [5, 5.41) is 10.9. The van der Waals surface area contributed by atoms with Crippen LogP contribution in [0.25, 0.3) is 21.6 Å². The van der Waals surface area contributed by atoms with Gasteiger partial charge in [0.2, 0.25) is 0 Å². The van der Waals surface area contributed by atoms with Gasteiger partial charge in [0.15, 0.2) is 5.82 Å². The minimum absolute atomic E-state index is 0.194. The summed E-state index contributed by atoms with van der Waals surface area (Å²) in [6.07, 6.45) is 3.76. The molecule has 4 aromatic rings. The maximum atomic E-state index is 4.77. The van der Waals surface area contributed by atoms with Crippen LogP contribution < -0.4 is 5.32 Å². The average molecular weight is 335 g/mol. The molecule has 0 spiro atoms. The Bertz CT molecular complexity index is 931. The van der Waals surface area contributed by atoms with Gasteiger partial charge in [0.1, 0.15) is 5.82 Å². The van der Waals surface area contributed by atoms with Crippen LogP contribution in [0, 0.1) is 0 Å². The highest BCUT2D eigenvalue weighted by Crippen LogP contribution is 2.27. The Morgan fingerprint density at radius 2 is 2.04 bits per heavy atom. The molecule has 0 saturated heterocycles. The first-order valence-corrected chi connectivity index (χ1v) is 8.72. The van der Waals surface area contributed by atoms with Gasteiger partial charge in [-0.05, 0) is 36.6 Å². The maximum Gasteiger partial charge on any atom is 0.172 e. The normalized spacial score (nSPS) is 12.4. The summed E-state index contributed by atoms with van der Waals surface area (Å²) in [5.74, 6) is 1.63. The summed E-state index contributed by atoms with van der Waals surface area (Å²) < 4.78 is 1.92. The summed E-state index contributed by atoms with van der Waals surface area (Å²) in [6, 6.07) is 14.3. The maximum absolute atomic E-state index is 4.77. The van der Waals surface area contributed by atoms with Gasteiger partial charge >= 0.3 is 0 Å². The lowest BCUT2D eigenvalue weighted by atomic mass is 10.2. The molecule has 0 aliphatic rings. The zero-order valence-electron chi connectivity index (χ0n) is 13.3. The molecule has 120 valence electrons. The Morgan fingerprint density at radius 1 is 1.12 bits per heavy atom. The van der Waals surface area contributed by atoms with E-state index in [1.165, 1.54) is 0 Å². The SMILES string of the molecule is C[C@H](Cn1cccn1)Nc1nc(-c2cccs2)nc2ccccc12. The highest BCUT2D eigenvalue weighted by molar-refractivity contribution is 7.13. The van der Waals surface area contributed by atoms with E-state index in [2.05, 4.69) is 23.4 Å². The van der Waals surface area contributed by atoms with Gasteiger partial charge in [-0.3, -0.25) is 4.68 Å². The minimum atomic E-state index is 0.194. The number of nitrogens with one attached hydrogen (secondary N) is 1. The number of anilines is 1. The van der Waals surface area contributed by atoms with Crippen molar-refractivity contribution < 1.29 is 0 Å². The van der Waals surface area contributed by atoms with Crippen LogP contribution in [0.4, 0.5) is 5.82 Å². The van der Waals surface area contributed by atoms with Crippen molar-refractivity contribution in [3.8, 4) is 10.7 Å². The molecule has 0 aliphatic heterocycles. The van der Waals surface area contributed by atoms with Crippen molar-refractivity contribution in [3.05, 3.63) is 60.2 Å². The molecule has 3 heterocycles. The van der Waals surface area contributed by atoms with E-state index in [0.717, 1.165) is 34.0 Å². The number of hydrogen-bond acceptors (Lipinski definition) is 5. The van der Waals surface area contributed by atoms with E-state index < -0.39 is 0 Å². The van der Waals surface area contributed by atoms with Crippen LogP contribution in [0.3, 0.4) is 0 Å². The second-order valence-corrected chi connectivity index (χ2v) is 6.61. The molecule has 6 heteroatoms. The van der Waals surface area contributed by atoms with Crippen molar-refractivity contribution >= 4 is 28.1 Å². The topological polar surface area (TPSA) is 55.6 Å². The number of hydrogen-bond donors (Lipinski definition) is 1. The number of fused-ring (bicyclic) bond motifs is 1. The Labute approximate surface area is 144 Å². The number of rotatable bonds is 5. The van der Waals surface area contributed by atoms with Gasteiger partial charge in [-0.25, -0.2) is 9.97 Å². The Hall–Kier alpha value is -2.73. The number of benzene rings is 1. The fraction of sp³-hybridized carbons (Fsp3) is 0.167. The minimum Gasteiger partial charge on any atom is -0.365 e. The molecular formula is C18H17N5S. The highest BCUT2D eigenvalue weighted by Gasteiger charge is 2.12. The molecule has 0 amide bonds. The molecule has 0 fully saturated rings. The van der Waals surface area contributed by atoms with Gasteiger partial charge in [0.25, 0.3) is 0 Å². The third-order valence-electron chi connectivity index (χ3n) is 3.75. The quantitative estimate of drug-likeness (QED) is 0.598. The third kappa shape index (κ3) is 3.00. The first-order valence-electron chi connectivity index (χ1n) is 7.84. The smallest absolute Gasteiger partial charge is 0.172 e. The van der Waals surface area contributed by atoms with Crippen LogP contribution in [-0.4, -0.2) is 25.8 Å². The largest absolute Gasteiger partial charge is 0.365 e. The summed E-state index contributed by atoms with van der Waals surface area (Å²) in [4.78, 5) is 10.5. The fourth-order valence-electron chi connectivity index (χ4n) is 2.67. The molecule has 1 atom stereocenters. The lowest BCUT2D eigenvalue weighted by Crippen LogP contribution is -2.23. The molecule has 1 N–H and O–H groups in total. The van der Waals surface area contributed by atoms with Crippen molar-refractivity contribution in [2.75, 3.05) is 5.32 Å². The van der Waals surface area contributed by atoms with Gasteiger partial charge in [0, 0.05) is 23.8 Å². The standard InChI is InChI=1S/C18H17N5S/c1-13(12-23-10-5-9-19-23)20-17-14-6-2-3-7-15(14)21-18(22-17)16-8-4-11-24-16/h2-11,13H,12H2,1H3,(H,20,21,22)/t13-/m1/s1. The molecule has 3 aromatic heterocycles. The molecule has 0 aliphatic carbocycles. The molecule has 4 rings (SSSR count).